The van der Waals surface area contributed by atoms with Gasteiger partial charge in [0.15, 0.2) is 0 Å². The maximum absolute atomic E-state index is 13.0. The Morgan fingerprint density at radius 2 is 1.76 bits per heavy atom. The van der Waals surface area contributed by atoms with Crippen LogP contribution in [0.1, 0.15) is 34.3 Å². The molecule has 1 amide bonds. The quantitative estimate of drug-likeness (QED) is 0.590. The molecule has 0 saturated carbocycles. The summed E-state index contributed by atoms with van der Waals surface area (Å²) in [4.78, 5) is 12.2. The molecule has 154 valence electrons. The molecular formula is C19H18F3N3O3S. The smallest absolute Gasteiger partial charge is 0.267 e. The summed E-state index contributed by atoms with van der Waals surface area (Å²) in [5.74, 6) is -0.732. The number of amides is 1. The lowest BCUT2D eigenvalue weighted by Crippen LogP contribution is -2.28. The number of nitrogens with one attached hydrogen (secondary N) is 1. The number of hydrogen-bond acceptors (Lipinski definition) is 4. The molecule has 2 aromatic carbocycles. The Balaban J connectivity index is 1.75. The Bertz CT molecular complexity index is 1030. The van der Waals surface area contributed by atoms with E-state index in [0.29, 0.717) is 13.1 Å². The Morgan fingerprint density at radius 3 is 2.45 bits per heavy atom. The second-order valence-corrected chi connectivity index (χ2v) is 8.36. The van der Waals surface area contributed by atoms with Crippen molar-refractivity contribution < 1.29 is 26.4 Å². The highest BCUT2D eigenvalue weighted by molar-refractivity contribution is 7.89. The highest BCUT2D eigenvalue weighted by atomic mass is 32.2. The third-order valence-corrected chi connectivity index (χ3v) is 6.33. The van der Waals surface area contributed by atoms with Gasteiger partial charge in [-0.1, -0.05) is 24.3 Å². The van der Waals surface area contributed by atoms with E-state index in [1.165, 1.54) is 46.8 Å². The lowest BCUT2D eigenvalue weighted by molar-refractivity contribution is -0.137. The van der Waals surface area contributed by atoms with Crippen LogP contribution in [0.3, 0.4) is 0 Å². The van der Waals surface area contributed by atoms with Crippen molar-refractivity contribution in [2.45, 2.75) is 23.9 Å². The molecule has 1 heterocycles. The topological polar surface area (TPSA) is 78.8 Å². The van der Waals surface area contributed by atoms with Gasteiger partial charge in [0.05, 0.1) is 16.7 Å². The van der Waals surface area contributed by atoms with Gasteiger partial charge in [-0.3, -0.25) is 4.79 Å². The summed E-state index contributed by atoms with van der Waals surface area (Å²) in [5, 5.41) is 3.58. The van der Waals surface area contributed by atoms with Gasteiger partial charge < -0.3 is 0 Å². The molecule has 1 saturated heterocycles. The highest BCUT2D eigenvalue weighted by Gasteiger charge is 2.32. The number of halogens is 3. The fraction of sp³-hybridized carbons (Fsp3) is 0.263. The Kier molecular flexibility index (Phi) is 6.04. The molecule has 0 unspecified atom stereocenters. The number of sulfonamides is 1. The van der Waals surface area contributed by atoms with E-state index in [1.54, 1.807) is 0 Å². The average molecular weight is 425 g/mol. The normalized spacial score (nSPS) is 15.7. The van der Waals surface area contributed by atoms with E-state index in [4.69, 9.17) is 0 Å². The fourth-order valence-corrected chi connectivity index (χ4v) is 4.53. The zero-order valence-corrected chi connectivity index (χ0v) is 16.0. The van der Waals surface area contributed by atoms with Crippen LogP contribution in [0.25, 0.3) is 0 Å². The van der Waals surface area contributed by atoms with Gasteiger partial charge in [-0.2, -0.15) is 22.6 Å². The number of carbonyl (C=O) groups excluding carboxylic acids is 1. The van der Waals surface area contributed by atoms with Crippen LogP contribution in [0.5, 0.6) is 0 Å². The number of alkyl halides is 3. The number of rotatable bonds is 5. The highest BCUT2D eigenvalue weighted by Crippen LogP contribution is 2.31. The first-order valence-electron chi connectivity index (χ1n) is 8.79. The summed E-state index contributed by atoms with van der Waals surface area (Å²) >= 11 is 0. The maximum Gasteiger partial charge on any atom is 0.417 e. The molecule has 1 aliphatic heterocycles. The van der Waals surface area contributed by atoms with Crippen molar-refractivity contribution in [2.75, 3.05) is 13.1 Å². The molecule has 6 nitrogen and oxygen atoms in total. The van der Waals surface area contributed by atoms with Crippen LogP contribution in [0, 0.1) is 0 Å². The van der Waals surface area contributed by atoms with Gasteiger partial charge in [-0.25, -0.2) is 13.8 Å². The number of benzene rings is 2. The van der Waals surface area contributed by atoms with Crippen molar-refractivity contribution in [1.82, 2.24) is 9.73 Å². The predicted molar refractivity (Wildman–Crippen MR) is 101 cm³/mol. The minimum absolute atomic E-state index is 0.0153. The van der Waals surface area contributed by atoms with Crippen LogP contribution < -0.4 is 5.43 Å². The van der Waals surface area contributed by atoms with E-state index in [-0.39, 0.29) is 16.0 Å². The van der Waals surface area contributed by atoms with Crippen LogP contribution in [-0.2, 0) is 16.2 Å². The molecule has 1 aliphatic rings. The van der Waals surface area contributed by atoms with E-state index in [9.17, 15) is 26.4 Å². The molecule has 2 aromatic rings. The molecule has 0 spiro atoms. The van der Waals surface area contributed by atoms with Gasteiger partial charge in [0.25, 0.3) is 5.91 Å². The van der Waals surface area contributed by atoms with E-state index < -0.39 is 27.7 Å². The summed E-state index contributed by atoms with van der Waals surface area (Å²) in [6.07, 6.45) is -2.09. The minimum Gasteiger partial charge on any atom is -0.267 e. The van der Waals surface area contributed by atoms with Gasteiger partial charge in [0.2, 0.25) is 10.0 Å². The predicted octanol–water partition coefficient (Wildman–Crippen LogP) is 3.25. The Morgan fingerprint density at radius 1 is 1.07 bits per heavy atom. The van der Waals surface area contributed by atoms with E-state index >= 15 is 0 Å². The third kappa shape index (κ3) is 4.83. The van der Waals surface area contributed by atoms with Crippen LogP contribution >= 0.6 is 0 Å². The van der Waals surface area contributed by atoms with Gasteiger partial charge >= 0.3 is 6.18 Å². The first kappa shape index (κ1) is 21.0. The average Bonchev–Trinajstić information content (AvgIpc) is 3.23. The number of hydrazone groups is 1. The fourth-order valence-electron chi connectivity index (χ4n) is 2.97. The maximum atomic E-state index is 13.0. The Hall–Kier alpha value is -2.72. The first-order valence-corrected chi connectivity index (χ1v) is 10.2. The van der Waals surface area contributed by atoms with Crippen LogP contribution in [0.15, 0.2) is 58.5 Å². The standard InChI is InChI=1S/C19H18F3N3O3S/c20-19(21,22)17-9-2-1-6-15(17)13-23-24-18(26)14-7-5-8-16(12-14)29(27,28)25-10-3-4-11-25/h1-2,5-9,12-13H,3-4,10-11H2,(H,24,26)/b23-13+. The second kappa shape index (κ2) is 8.34. The van der Waals surface area contributed by atoms with E-state index in [2.05, 4.69) is 10.5 Å². The van der Waals surface area contributed by atoms with Crippen LogP contribution in [0.2, 0.25) is 0 Å². The lowest BCUT2D eigenvalue weighted by Gasteiger charge is -2.15. The molecular weight excluding hydrogens is 407 g/mol. The summed E-state index contributed by atoms with van der Waals surface area (Å²) in [6, 6.07) is 10.3. The monoisotopic (exact) mass is 425 g/mol. The van der Waals surface area contributed by atoms with Gasteiger partial charge in [0, 0.05) is 24.2 Å². The molecule has 1 N–H and O–H groups in total. The number of hydrogen-bond donors (Lipinski definition) is 1. The summed E-state index contributed by atoms with van der Waals surface area (Å²) in [7, 11) is -3.69. The van der Waals surface area contributed by atoms with Crippen molar-refractivity contribution in [2.24, 2.45) is 5.10 Å². The SMILES string of the molecule is O=C(N/N=C/c1ccccc1C(F)(F)F)c1cccc(S(=O)(=O)N2CCCC2)c1. The first-order chi connectivity index (χ1) is 13.7. The van der Waals surface area contributed by atoms with Crippen molar-refractivity contribution in [3.63, 3.8) is 0 Å². The molecule has 29 heavy (non-hydrogen) atoms. The van der Waals surface area contributed by atoms with E-state index in [1.807, 2.05) is 0 Å². The lowest BCUT2D eigenvalue weighted by atomic mass is 10.1. The second-order valence-electron chi connectivity index (χ2n) is 6.42. The largest absolute Gasteiger partial charge is 0.417 e. The number of nitrogens with zero attached hydrogens (tertiary/aromatic N) is 2. The molecule has 0 radical (unpaired) electrons. The van der Waals surface area contributed by atoms with Crippen molar-refractivity contribution in [3.8, 4) is 0 Å². The summed E-state index contributed by atoms with van der Waals surface area (Å²) in [5.41, 5.74) is 1.08. The van der Waals surface area contributed by atoms with Gasteiger partial charge in [0.1, 0.15) is 0 Å². The number of carbonyl (C=O) groups is 1. The van der Waals surface area contributed by atoms with Gasteiger partial charge in [-0.15, -0.1) is 0 Å². The van der Waals surface area contributed by atoms with E-state index in [0.717, 1.165) is 25.1 Å². The molecule has 0 bridgehead atoms. The minimum atomic E-state index is -4.55. The zero-order valence-electron chi connectivity index (χ0n) is 15.2. The molecule has 3 rings (SSSR count). The Labute approximate surface area is 166 Å². The summed E-state index contributed by atoms with van der Waals surface area (Å²) in [6.45, 7) is 0.864. The molecule has 10 heteroatoms. The van der Waals surface area contributed by atoms with Crippen molar-refractivity contribution in [3.05, 3.63) is 65.2 Å². The van der Waals surface area contributed by atoms with Crippen LogP contribution in [-0.4, -0.2) is 37.9 Å². The van der Waals surface area contributed by atoms with Crippen LogP contribution in [0.4, 0.5) is 13.2 Å². The van der Waals surface area contributed by atoms with Gasteiger partial charge in [-0.05, 0) is 37.1 Å². The zero-order chi connectivity index (χ0) is 21.1. The molecule has 1 fully saturated rings. The summed E-state index contributed by atoms with van der Waals surface area (Å²) < 4.78 is 65.5. The van der Waals surface area contributed by atoms with Crippen molar-refractivity contribution >= 4 is 22.1 Å². The molecule has 0 aliphatic carbocycles. The third-order valence-electron chi connectivity index (χ3n) is 4.43. The molecule has 0 atom stereocenters. The van der Waals surface area contributed by atoms with Crippen molar-refractivity contribution in [1.29, 1.82) is 0 Å². The molecule has 0 aromatic heterocycles.